The van der Waals surface area contributed by atoms with Gasteiger partial charge in [-0.3, -0.25) is 0 Å². The van der Waals surface area contributed by atoms with Crippen LogP contribution in [0.25, 0.3) is 11.4 Å². The lowest BCUT2D eigenvalue weighted by atomic mass is 10.1. The number of anilines is 1. The predicted octanol–water partition coefficient (Wildman–Crippen LogP) is 2.02. The van der Waals surface area contributed by atoms with Crippen LogP contribution in [0.4, 0.5) is 14.5 Å². The fourth-order valence-electron chi connectivity index (χ4n) is 1.97. The molecule has 1 aromatic carbocycles. The predicted molar refractivity (Wildman–Crippen MR) is 73.3 cm³/mol. The van der Waals surface area contributed by atoms with E-state index in [1.807, 2.05) is 0 Å². The van der Waals surface area contributed by atoms with Crippen molar-refractivity contribution in [2.75, 3.05) is 19.5 Å². The van der Waals surface area contributed by atoms with Crippen LogP contribution in [-0.2, 0) is 11.3 Å². The number of benzene rings is 1. The molecule has 0 spiro atoms. The number of aromatic nitrogens is 4. The molecule has 0 saturated carbocycles. The second-order valence-corrected chi connectivity index (χ2v) is 4.63. The van der Waals surface area contributed by atoms with Crippen LogP contribution in [0.15, 0.2) is 12.1 Å². The zero-order valence-electron chi connectivity index (χ0n) is 11.7. The third-order valence-corrected chi connectivity index (χ3v) is 3.08. The van der Waals surface area contributed by atoms with Crippen molar-refractivity contribution in [3.05, 3.63) is 23.8 Å². The number of hydrogen-bond acceptors (Lipinski definition) is 5. The van der Waals surface area contributed by atoms with Crippen molar-refractivity contribution in [1.82, 2.24) is 20.2 Å². The Labute approximate surface area is 120 Å². The molecule has 2 rings (SSSR count). The second-order valence-electron chi connectivity index (χ2n) is 4.63. The molecule has 1 heterocycles. The SMILES string of the molecule is COCCCCCn1nnnc1-c1cc(N)c(F)cc1F. The summed E-state index contributed by atoms with van der Waals surface area (Å²) in [4.78, 5) is 0. The first kappa shape index (κ1) is 15.3. The van der Waals surface area contributed by atoms with Crippen molar-refractivity contribution < 1.29 is 13.5 Å². The molecule has 6 nitrogen and oxygen atoms in total. The van der Waals surface area contributed by atoms with Gasteiger partial charge in [0.2, 0.25) is 0 Å². The Balaban J connectivity index is 2.11. The number of halogens is 2. The van der Waals surface area contributed by atoms with Crippen molar-refractivity contribution in [1.29, 1.82) is 0 Å². The van der Waals surface area contributed by atoms with Gasteiger partial charge in [0.1, 0.15) is 11.6 Å². The molecule has 2 N–H and O–H groups in total. The molecule has 0 radical (unpaired) electrons. The standard InChI is InChI=1S/C13H17F2N5O/c1-21-6-4-2-3-5-20-13(17-18-19-20)9-7-12(16)11(15)8-10(9)14/h7-8H,2-6,16H2,1H3. The molecule has 0 aliphatic rings. The van der Waals surface area contributed by atoms with Crippen LogP contribution < -0.4 is 5.73 Å². The van der Waals surface area contributed by atoms with Crippen LogP contribution in [0.5, 0.6) is 0 Å². The van der Waals surface area contributed by atoms with E-state index in [0.29, 0.717) is 13.2 Å². The minimum Gasteiger partial charge on any atom is -0.396 e. The Morgan fingerprint density at radius 3 is 2.76 bits per heavy atom. The summed E-state index contributed by atoms with van der Waals surface area (Å²) in [6.45, 7) is 1.24. The van der Waals surface area contributed by atoms with Crippen LogP contribution in [-0.4, -0.2) is 33.9 Å². The van der Waals surface area contributed by atoms with Gasteiger partial charge in [0.25, 0.3) is 0 Å². The van der Waals surface area contributed by atoms with Gasteiger partial charge in [0, 0.05) is 26.3 Å². The molecular weight excluding hydrogens is 280 g/mol. The number of ether oxygens (including phenoxy) is 1. The van der Waals surface area contributed by atoms with Crippen LogP contribution in [0, 0.1) is 11.6 Å². The number of rotatable bonds is 7. The summed E-state index contributed by atoms with van der Waals surface area (Å²) in [5.74, 6) is -1.29. The number of nitrogen functional groups attached to an aromatic ring is 1. The van der Waals surface area contributed by atoms with Gasteiger partial charge in [-0.25, -0.2) is 13.5 Å². The van der Waals surface area contributed by atoms with E-state index in [4.69, 9.17) is 10.5 Å². The molecule has 0 saturated heterocycles. The van der Waals surface area contributed by atoms with Crippen molar-refractivity contribution in [2.45, 2.75) is 25.8 Å². The Hall–Kier alpha value is -2.09. The molecule has 1 aromatic heterocycles. The molecule has 114 valence electrons. The van der Waals surface area contributed by atoms with Crippen LogP contribution in [0.2, 0.25) is 0 Å². The van der Waals surface area contributed by atoms with Crippen molar-refractivity contribution >= 4 is 5.69 Å². The molecule has 0 bridgehead atoms. The first-order chi connectivity index (χ1) is 10.1. The molecule has 0 amide bonds. The molecule has 21 heavy (non-hydrogen) atoms. The van der Waals surface area contributed by atoms with Gasteiger partial charge >= 0.3 is 0 Å². The highest BCUT2D eigenvalue weighted by atomic mass is 19.1. The summed E-state index contributed by atoms with van der Waals surface area (Å²) in [7, 11) is 1.65. The molecule has 0 aliphatic heterocycles. The number of hydrogen-bond donors (Lipinski definition) is 1. The second kappa shape index (κ2) is 7.07. The van der Waals surface area contributed by atoms with Gasteiger partial charge in [-0.05, 0) is 35.8 Å². The van der Waals surface area contributed by atoms with E-state index in [1.165, 1.54) is 10.7 Å². The number of aryl methyl sites for hydroxylation is 1. The van der Waals surface area contributed by atoms with Gasteiger partial charge in [-0.1, -0.05) is 0 Å². The minimum absolute atomic E-state index is 0.0933. The van der Waals surface area contributed by atoms with E-state index in [9.17, 15) is 8.78 Å². The third kappa shape index (κ3) is 3.72. The third-order valence-electron chi connectivity index (χ3n) is 3.08. The van der Waals surface area contributed by atoms with Gasteiger partial charge in [0.05, 0.1) is 11.3 Å². The number of tetrazole rings is 1. The lowest BCUT2D eigenvalue weighted by Crippen LogP contribution is -2.05. The van der Waals surface area contributed by atoms with Gasteiger partial charge in [0.15, 0.2) is 5.82 Å². The van der Waals surface area contributed by atoms with Crippen LogP contribution in [0.3, 0.4) is 0 Å². The monoisotopic (exact) mass is 297 g/mol. The summed E-state index contributed by atoms with van der Waals surface area (Å²) in [5, 5.41) is 11.2. The Morgan fingerprint density at radius 2 is 2.00 bits per heavy atom. The van der Waals surface area contributed by atoms with E-state index in [2.05, 4.69) is 15.5 Å². The summed E-state index contributed by atoms with van der Waals surface area (Å²) in [6, 6.07) is 1.94. The smallest absolute Gasteiger partial charge is 0.185 e. The molecule has 0 unspecified atom stereocenters. The highest BCUT2D eigenvalue weighted by molar-refractivity contribution is 5.62. The molecule has 8 heteroatoms. The van der Waals surface area contributed by atoms with Crippen molar-refractivity contribution in [3.63, 3.8) is 0 Å². The van der Waals surface area contributed by atoms with Gasteiger partial charge in [-0.2, -0.15) is 0 Å². The average molecular weight is 297 g/mol. The molecule has 0 aliphatic carbocycles. The molecular formula is C13H17F2N5O. The lowest BCUT2D eigenvalue weighted by Gasteiger charge is -2.07. The van der Waals surface area contributed by atoms with Crippen LogP contribution >= 0.6 is 0 Å². The largest absolute Gasteiger partial charge is 0.396 e. The van der Waals surface area contributed by atoms with Crippen molar-refractivity contribution in [2.24, 2.45) is 0 Å². The minimum atomic E-state index is -0.796. The van der Waals surface area contributed by atoms with Gasteiger partial charge < -0.3 is 10.5 Å². The quantitative estimate of drug-likeness (QED) is 0.625. The Morgan fingerprint density at radius 1 is 1.19 bits per heavy atom. The molecule has 2 aromatic rings. The average Bonchev–Trinajstić information content (AvgIpc) is 2.91. The van der Waals surface area contributed by atoms with E-state index < -0.39 is 11.6 Å². The fraction of sp³-hybridized carbons (Fsp3) is 0.462. The maximum Gasteiger partial charge on any atom is 0.185 e. The topological polar surface area (TPSA) is 78.8 Å². The van der Waals surface area contributed by atoms with E-state index in [0.717, 1.165) is 25.3 Å². The first-order valence-corrected chi connectivity index (χ1v) is 6.63. The number of nitrogens with zero attached hydrogens (tertiary/aromatic N) is 4. The maximum absolute atomic E-state index is 13.8. The Kier molecular flexibility index (Phi) is 5.15. The number of methoxy groups -OCH3 is 1. The number of unbranched alkanes of at least 4 members (excludes halogenated alkanes) is 2. The molecule has 0 fully saturated rings. The summed E-state index contributed by atoms with van der Waals surface area (Å²) < 4.78 is 33.5. The zero-order valence-corrected chi connectivity index (χ0v) is 11.7. The summed E-state index contributed by atoms with van der Waals surface area (Å²) in [5.41, 5.74) is 5.42. The van der Waals surface area contributed by atoms with E-state index >= 15 is 0 Å². The van der Waals surface area contributed by atoms with Crippen molar-refractivity contribution in [3.8, 4) is 11.4 Å². The normalized spacial score (nSPS) is 11.0. The van der Waals surface area contributed by atoms with Crippen LogP contribution in [0.1, 0.15) is 19.3 Å². The molecule has 0 atom stereocenters. The lowest BCUT2D eigenvalue weighted by molar-refractivity contribution is 0.191. The Bertz CT molecular complexity index is 602. The number of nitrogens with two attached hydrogens (primary N) is 1. The first-order valence-electron chi connectivity index (χ1n) is 6.63. The fourth-order valence-corrected chi connectivity index (χ4v) is 1.97. The zero-order chi connectivity index (χ0) is 15.2. The highest BCUT2D eigenvalue weighted by Crippen LogP contribution is 2.25. The highest BCUT2D eigenvalue weighted by Gasteiger charge is 2.16. The summed E-state index contributed by atoms with van der Waals surface area (Å²) >= 11 is 0. The maximum atomic E-state index is 13.8. The van der Waals surface area contributed by atoms with E-state index in [-0.39, 0.29) is 17.1 Å². The summed E-state index contributed by atoms with van der Waals surface area (Å²) in [6.07, 6.45) is 2.71. The van der Waals surface area contributed by atoms with E-state index in [1.54, 1.807) is 7.11 Å². The van der Waals surface area contributed by atoms with Gasteiger partial charge in [-0.15, -0.1) is 5.10 Å².